The molecule has 114 valence electrons. The van der Waals surface area contributed by atoms with Crippen LogP contribution in [0.3, 0.4) is 0 Å². The predicted octanol–water partition coefficient (Wildman–Crippen LogP) is 1.63. The number of hydrogen-bond acceptors (Lipinski definition) is 4. The number of ether oxygens (including phenoxy) is 1. The Morgan fingerprint density at radius 1 is 1.26 bits per heavy atom. The van der Waals surface area contributed by atoms with Gasteiger partial charge < -0.3 is 20.1 Å². The van der Waals surface area contributed by atoms with Crippen molar-refractivity contribution in [2.45, 2.75) is 51.5 Å². The lowest BCUT2D eigenvalue weighted by Crippen LogP contribution is -2.48. The molecular weight excluding hydrogens is 240 g/mol. The molecule has 0 bridgehead atoms. The standard InChI is InChI=1S/C15H32N2O2/c1-3-8-16-15(4-2,14-18)7-5-9-17-10-6-12-19-13-11-17/h16,18H,3-14H2,1-2H3. The zero-order valence-electron chi connectivity index (χ0n) is 12.8. The molecule has 0 saturated carbocycles. The monoisotopic (exact) mass is 272 g/mol. The topological polar surface area (TPSA) is 44.7 Å². The van der Waals surface area contributed by atoms with E-state index in [2.05, 4.69) is 24.1 Å². The van der Waals surface area contributed by atoms with Crippen molar-refractivity contribution in [2.24, 2.45) is 0 Å². The molecule has 0 aromatic heterocycles. The minimum Gasteiger partial charge on any atom is -0.394 e. The molecule has 1 saturated heterocycles. The third-order valence-corrected chi connectivity index (χ3v) is 4.17. The van der Waals surface area contributed by atoms with Gasteiger partial charge in [-0.05, 0) is 45.2 Å². The van der Waals surface area contributed by atoms with E-state index >= 15 is 0 Å². The van der Waals surface area contributed by atoms with E-state index in [1.54, 1.807) is 0 Å². The first kappa shape index (κ1) is 16.9. The lowest BCUT2D eigenvalue weighted by Gasteiger charge is -2.33. The van der Waals surface area contributed by atoms with Crippen LogP contribution in [0, 0.1) is 0 Å². The number of nitrogens with zero attached hydrogens (tertiary/aromatic N) is 1. The summed E-state index contributed by atoms with van der Waals surface area (Å²) in [5, 5.41) is 13.2. The highest BCUT2D eigenvalue weighted by Crippen LogP contribution is 2.17. The highest BCUT2D eigenvalue weighted by atomic mass is 16.5. The molecule has 0 spiro atoms. The van der Waals surface area contributed by atoms with Gasteiger partial charge in [0.15, 0.2) is 0 Å². The average molecular weight is 272 g/mol. The molecule has 1 atom stereocenters. The average Bonchev–Trinajstić information content (AvgIpc) is 2.72. The summed E-state index contributed by atoms with van der Waals surface area (Å²) in [6.45, 7) is 10.7. The summed E-state index contributed by atoms with van der Waals surface area (Å²) in [5.41, 5.74) is -0.0711. The van der Waals surface area contributed by atoms with Crippen LogP contribution >= 0.6 is 0 Å². The minimum atomic E-state index is -0.0711. The molecule has 0 aromatic carbocycles. The second-order valence-electron chi connectivity index (χ2n) is 5.63. The number of rotatable bonds is 9. The van der Waals surface area contributed by atoms with Gasteiger partial charge >= 0.3 is 0 Å². The number of hydrogen-bond donors (Lipinski definition) is 2. The van der Waals surface area contributed by atoms with Crippen LogP contribution in [0.15, 0.2) is 0 Å². The second kappa shape index (κ2) is 9.70. The second-order valence-corrected chi connectivity index (χ2v) is 5.63. The fourth-order valence-electron chi connectivity index (χ4n) is 2.69. The van der Waals surface area contributed by atoms with Crippen molar-refractivity contribution in [1.29, 1.82) is 0 Å². The Hall–Kier alpha value is -0.160. The molecule has 0 radical (unpaired) electrons. The van der Waals surface area contributed by atoms with E-state index in [0.29, 0.717) is 0 Å². The van der Waals surface area contributed by atoms with Gasteiger partial charge in [-0.3, -0.25) is 0 Å². The van der Waals surface area contributed by atoms with Gasteiger partial charge in [-0.1, -0.05) is 13.8 Å². The van der Waals surface area contributed by atoms with Crippen molar-refractivity contribution >= 4 is 0 Å². The summed E-state index contributed by atoms with van der Waals surface area (Å²) in [6, 6.07) is 0. The number of nitrogens with one attached hydrogen (secondary N) is 1. The van der Waals surface area contributed by atoms with Crippen molar-refractivity contribution < 1.29 is 9.84 Å². The fourth-order valence-corrected chi connectivity index (χ4v) is 2.69. The van der Waals surface area contributed by atoms with Gasteiger partial charge in [0, 0.05) is 25.2 Å². The molecule has 0 aromatic rings. The van der Waals surface area contributed by atoms with Crippen LogP contribution in [0.4, 0.5) is 0 Å². The molecule has 4 heteroatoms. The molecule has 1 unspecified atom stereocenters. The van der Waals surface area contributed by atoms with E-state index in [4.69, 9.17) is 4.74 Å². The normalized spacial score (nSPS) is 21.0. The Morgan fingerprint density at radius 3 is 2.79 bits per heavy atom. The Balaban J connectivity index is 2.29. The quantitative estimate of drug-likeness (QED) is 0.669. The van der Waals surface area contributed by atoms with Crippen molar-refractivity contribution in [3.8, 4) is 0 Å². The molecule has 1 aliphatic rings. The molecule has 1 fully saturated rings. The summed E-state index contributed by atoms with van der Waals surface area (Å²) in [7, 11) is 0. The maximum atomic E-state index is 9.69. The Bertz CT molecular complexity index is 212. The summed E-state index contributed by atoms with van der Waals surface area (Å²) < 4.78 is 5.47. The first-order chi connectivity index (χ1) is 9.26. The largest absolute Gasteiger partial charge is 0.394 e. The Morgan fingerprint density at radius 2 is 2.11 bits per heavy atom. The van der Waals surface area contributed by atoms with Crippen LogP contribution in [0.2, 0.25) is 0 Å². The van der Waals surface area contributed by atoms with E-state index in [0.717, 1.165) is 71.5 Å². The summed E-state index contributed by atoms with van der Waals surface area (Å²) in [4.78, 5) is 2.49. The van der Waals surface area contributed by atoms with Gasteiger partial charge in [0.05, 0.1) is 13.2 Å². The van der Waals surface area contributed by atoms with Crippen molar-refractivity contribution in [3.05, 3.63) is 0 Å². The maximum absolute atomic E-state index is 9.69. The smallest absolute Gasteiger partial charge is 0.0613 e. The fraction of sp³-hybridized carbons (Fsp3) is 1.00. The zero-order chi connectivity index (χ0) is 14.0. The molecule has 1 heterocycles. The maximum Gasteiger partial charge on any atom is 0.0613 e. The SMILES string of the molecule is CCCNC(CC)(CO)CCCN1CCCOCC1. The van der Waals surface area contributed by atoms with Crippen LogP contribution in [0.25, 0.3) is 0 Å². The highest BCUT2D eigenvalue weighted by molar-refractivity contribution is 4.86. The van der Waals surface area contributed by atoms with Crippen molar-refractivity contribution in [3.63, 3.8) is 0 Å². The first-order valence-corrected chi connectivity index (χ1v) is 7.92. The van der Waals surface area contributed by atoms with Gasteiger partial charge in [-0.2, -0.15) is 0 Å². The summed E-state index contributed by atoms with van der Waals surface area (Å²) in [6.07, 6.45) is 5.45. The first-order valence-electron chi connectivity index (χ1n) is 7.92. The van der Waals surface area contributed by atoms with Gasteiger partial charge in [0.1, 0.15) is 0 Å². The van der Waals surface area contributed by atoms with Crippen molar-refractivity contribution in [2.75, 3.05) is 46.0 Å². The molecule has 19 heavy (non-hydrogen) atoms. The van der Waals surface area contributed by atoms with Crippen LogP contribution in [0.5, 0.6) is 0 Å². The molecule has 1 aliphatic heterocycles. The lowest BCUT2D eigenvalue weighted by atomic mass is 9.91. The van der Waals surface area contributed by atoms with E-state index in [-0.39, 0.29) is 12.1 Å². The lowest BCUT2D eigenvalue weighted by molar-refractivity contribution is 0.131. The summed E-state index contributed by atoms with van der Waals surface area (Å²) in [5.74, 6) is 0. The van der Waals surface area contributed by atoms with Crippen LogP contribution in [0.1, 0.15) is 46.0 Å². The van der Waals surface area contributed by atoms with E-state index in [1.165, 1.54) is 0 Å². The molecule has 1 rings (SSSR count). The number of aliphatic hydroxyl groups is 1. The highest BCUT2D eigenvalue weighted by Gasteiger charge is 2.26. The van der Waals surface area contributed by atoms with Crippen molar-refractivity contribution in [1.82, 2.24) is 10.2 Å². The molecule has 2 N–H and O–H groups in total. The number of aliphatic hydroxyl groups excluding tert-OH is 1. The Labute approximate surface area is 118 Å². The van der Waals surface area contributed by atoms with Gasteiger partial charge in [-0.25, -0.2) is 0 Å². The van der Waals surface area contributed by atoms with Gasteiger partial charge in [0.2, 0.25) is 0 Å². The van der Waals surface area contributed by atoms with E-state index < -0.39 is 0 Å². The van der Waals surface area contributed by atoms with Gasteiger partial charge in [0.25, 0.3) is 0 Å². The third kappa shape index (κ3) is 6.21. The molecule has 4 nitrogen and oxygen atoms in total. The van der Waals surface area contributed by atoms with Crippen LogP contribution < -0.4 is 5.32 Å². The molecular formula is C15H32N2O2. The van der Waals surface area contributed by atoms with Crippen LogP contribution in [-0.2, 0) is 4.74 Å². The van der Waals surface area contributed by atoms with E-state index in [1.807, 2.05) is 0 Å². The molecule has 0 aliphatic carbocycles. The van der Waals surface area contributed by atoms with Gasteiger partial charge in [-0.15, -0.1) is 0 Å². The predicted molar refractivity (Wildman–Crippen MR) is 79.5 cm³/mol. The minimum absolute atomic E-state index is 0.0711. The van der Waals surface area contributed by atoms with E-state index in [9.17, 15) is 5.11 Å². The Kier molecular flexibility index (Phi) is 8.62. The van der Waals surface area contributed by atoms with Crippen LogP contribution in [-0.4, -0.2) is 61.5 Å². The zero-order valence-corrected chi connectivity index (χ0v) is 12.8. The summed E-state index contributed by atoms with van der Waals surface area (Å²) >= 11 is 0. The molecule has 0 amide bonds. The third-order valence-electron chi connectivity index (χ3n) is 4.17.